The summed E-state index contributed by atoms with van der Waals surface area (Å²) in [7, 11) is 1.60. The Labute approximate surface area is 199 Å². The average Bonchev–Trinajstić information content (AvgIpc) is 3.09. The van der Waals surface area contributed by atoms with Gasteiger partial charge in [0.1, 0.15) is 17.6 Å². The van der Waals surface area contributed by atoms with Gasteiger partial charge in [-0.3, -0.25) is 14.4 Å². The van der Waals surface area contributed by atoms with Crippen LogP contribution in [-0.4, -0.2) is 54.0 Å². The van der Waals surface area contributed by atoms with Gasteiger partial charge in [0.15, 0.2) is 0 Å². The number of hydrogen-bond acceptors (Lipinski definition) is 6. The maximum atomic E-state index is 12.9. The molecule has 2 fully saturated rings. The van der Waals surface area contributed by atoms with Gasteiger partial charge in [-0.1, -0.05) is 6.07 Å². The number of piperidine rings is 1. The van der Waals surface area contributed by atoms with Crippen LogP contribution in [0.1, 0.15) is 58.9 Å². The van der Waals surface area contributed by atoms with Crippen molar-refractivity contribution in [1.29, 1.82) is 0 Å². The van der Waals surface area contributed by atoms with Crippen LogP contribution in [0.25, 0.3) is 0 Å². The van der Waals surface area contributed by atoms with Crippen molar-refractivity contribution in [1.82, 2.24) is 15.6 Å². The van der Waals surface area contributed by atoms with Gasteiger partial charge in [-0.15, -0.1) is 0 Å². The number of pyridine rings is 1. The Morgan fingerprint density at radius 2 is 1.82 bits per heavy atom. The van der Waals surface area contributed by atoms with Gasteiger partial charge >= 0.3 is 0 Å². The van der Waals surface area contributed by atoms with Crippen LogP contribution in [0.5, 0.6) is 5.75 Å². The predicted octanol–water partition coefficient (Wildman–Crippen LogP) is 1.93. The van der Waals surface area contributed by atoms with Crippen molar-refractivity contribution in [3.05, 3.63) is 53.2 Å². The highest BCUT2D eigenvalue weighted by molar-refractivity contribution is 5.97. The third kappa shape index (κ3) is 4.69. The molecule has 180 valence electrons. The normalized spacial score (nSPS) is 22.1. The minimum Gasteiger partial charge on any atom is -0.496 e. The molecule has 4 rings (SSSR count). The van der Waals surface area contributed by atoms with Gasteiger partial charge in [0.05, 0.1) is 12.7 Å². The molecule has 0 saturated carbocycles. The zero-order valence-corrected chi connectivity index (χ0v) is 19.7. The van der Waals surface area contributed by atoms with E-state index < -0.39 is 11.9 Å². The number of ether oxygens (including phenoxy) is 1. The molecule has 2 bridgehead atoms. The number of carbonyl (C=O) groups excluding carboxylic acids is 3. The van der Waals surface area contributed by atoms with Crippen molar-refractivity contribution in [2.75, 3.05) is 12.0 Å². The average molecular weight is 466 g/mol. The van der Waals surface area contributed by atoms with Crippen LogP contribution in [0.4, 0.5) is 5.82 Å². The van der Waals surface area contributed by atoms with Gasteiger partial charge in [0, 0.05) is 35.4 Å². The summed E-state index contributed by atoms with van der Waals surface area (Å²) in [6, 6.07) is 8.95. The summed E-state index contributed by atoms with van der Waals surface area (Å²) in [5.41, 5.74) is 7.05. The zero-order chi connectivity index (χ0) is 24.4. The quantitative estimate of drug-likeness (QED) is 0.574. The summed E-state index contributed by atoms with van der Waals surface area (Å²) >= 11 is 0. The molecule has 1 unspecified atom stereocenters. The molecule has 0 aliphatic carbocycles. The van der Waals surface area contributed by atoms with Crippen LogP contribution in [0.3, 0.4) is 0 Å². The number of fused-ring (bicyclic) bond motifs is 2. The van der Waals surface area contributed by atoms with Crippen LogP contribution in [0.2, 0.25) is 0 Å². The number of methoxy groups -OCH3 is 1. The molecule has 0 spiro atoms. The van der Waals surface area contributed by atoms with E-state index in [4.69, 9.17) is 10.5 Å². The minimum atomic E-state index is -0.752. The molecule has 2 aliphatic heterocycles. The SMILES string of the molecule is COc1cccc(C(=O)NC2C[C@H]3CC[C@@H](C2)N3c2ccc(C(=O)N[C@@H](C)C(N)=O)cn2)c1C. The van der Waals surface area contributed by atoms with Crippen molar-refractivity contribution >= 4 is 23.5 Å². The molecule has 1 aromatic carbocycles. The molecule has 2 aliphatic rings. The molecule has 3 heterocycles. The van der Waals surface area contributed by atoms with E-state index in [-0.39, 0.29) is 29.9 Å². The Hall–Kier alpha value is -3.62. The standard InChI is InChI=1S/C25H31N5O4/c1-14-20(5-4-6-21(14)34-3)25(33)29-17-11-18-8-9-19(12-17)30(18)22-10-7-16(13-27-22)24(32)28-15(2)23(26)31/h4-7,10,13,15,17-19H,8-9,11-12H2,1-3H3,(H2,26,31)(H,28,32)(H,29,33)/t15-,17?,18-,19+/m0/s1. The summed E-state index contributed by atoms with van der Waals surface area (Å²) in [5.74, 6) is 0.469. The van der Waals surface area contributed by atoms with Crippen LogP contribution in [0, 0.1) is 6.92 Å². The Morgan fingerprint density at radius 3 is 2.41 bits per heavy atom. The van der Waals surface area contributed by atoms with Gasteiger partial charge in [-0.2, -0.15) is 0 Å². The second-order valence-corrected chi connectivity index (χ2v) is 9.07. The first-order valence-corrected chi connectivity index (χ1v) is 11.6. The van der Waals surface area contributed by atoms with Crippen molar-refractivity contribution in [3.8, 4) is 5.75 Å². The fourth-order valence-corrected chi connectivity index (χ4v) is 5.04. The third-order valence-electron chi connectivity index (χ3n) is 6.87. The van der Waals surface area contributed by atoms with E-state index in [9.17, 15) is 14.4 Å². The number of carbonyl (C=O) groups is 3. The molecular formula is C25H31N5O4. The molecule has 2 saturated heterocycles. The van der Waals surface area contributed by atoms with E-state index in [1.807, 2.05) is 31.2 Å². The van der Waals surface area contributed by atoms with Crippen LogP contribution < -0.4 is 26.0 Å². The lowest BCUT2D eigenvalue weighted by Gasteiger charge is -2.40. The number of nitrogens with zero attached hydrogens (tertiary/aromatic N) is 2. The lowest BCUT2D eigenvalue weighted by atomic mass is 9.96. The number of nitrogens with two attached hydrogens (primary N) is 1. The fraction of sp³-hybridized carbons (Fsp3) is 0.440. The smallest absolute Gasteiger partial charge is 0.253 e. The zero-order valence-electron chi connectivity index (χ0n) is 19.7. The van der Waals surface area contributed by atoms with Crippen LogP contribution >= 0.6 is 0 Å². The second kappa shape index (κ2) is 9.70. The minimum absolute atomic E-state index is 0.0760. The number of benzene rings is 1. The molecule has 3 amide bonds. The molecule has 4 atom stereocenters. The number of primary amides is 1. The largest absolute Gasteiger partial charge is 0.496 e. The van der Waals surface area contributed by atoms with E-state index in [1.165, 1.54) is 13.1 Å². The first-order valence-electron chi connectivity index (χ1n) is 11.6. The van der Waals surface area contributed by atoms with E-state index in [0.717, 1.165) is 37.1 Å². The van der Waals surface area contributed by atoms with Gasteiger partial charge in [0.25, 0.3) is 11.8 Å². The highest BCUT2D eigenvalue weighted by Gasteiger charge is 2.42. The molecule has 9 heteroatoms. The van der Waals surface area contributed by atoms with Gasteiger partial charge in [-0.25, -0.2) is 4.98 Å². The van der Waals surface area contributed by atoms with Crippen molar-refractivity contribution in [2.45, 2.75) is 63.7 Å². The number of nitrogens with one attached hydrogen (secondary N) is 2. The molecule has 1 aromatic heterocycles. The van der Waals surface area contributed by atoms with E-state index >= 15 is 0 Å². The van der Waals surface area contributed by atoms with E-state index in [0.29, 0.717) is 16.9 Å². The Bertz CT molecular complexity index is 1070. The van der Waals surface area contributed by atoms with Gasteiger partial charge in [-0.05, 0) is 63.8 Å². The summed E-state index contributed by atoms with van der Waals surface area (Å²) in [4.78, 5) is 43.3. The predicted molar refractivity (Wildman–Crippen MR) is 128 cm³/mol. The summed E-state index contributed by atoms with van der Waals surface area (Å²) in [6.07, 6.45) is 5.28. The molecule has 34 heavy (non-hydrogen) atoms. The van der Waals surface area contributed by atoms with Crippen molar-refractivity contribution in [2.24, 2.45) is 5.73 Å². The second-order valence-electron chi connectivity index (χ2n) is 9.07. The number of amides is 3. The Morgan fingerprint density at radius 1 is 1.12 bits per heavy atom. The van der Waals surface area contributed by atoms with E-state index in [2.05, 4.69) is 20.5 Å². The molecule has 4 N–H and O–H groups in total. The van der Waals surface area contributed by atoms with Crippen molar-refractivity contribution in [3.63, 3.8) is 0 Å². The Balaban J connectivity index is 1.40. The summed E-state index contributed by atoms with van der Waals surface area (Å²) in [6.45, 7) is 3.43. The maximum absolute atomic E-state index is 12.9. The van der Waals surface area contributed by atoms with Crippen LogP contribution in [-0.2, 0) is 4.79 Å². The van der Waals surface area contributed by atoms with Gasteiger partial charge < -0.3 is 26.0 Å². The highest BCUT2D eigenvalue weighted by atomic mass is 16.5. The lowest BCUT2D eigenvalue weighted by molar-refractivity contribution is -0.119. The molecule has 9 nitrogen and oxygen atoms in total. The van der Waals surface area contributed by atoms with E-state index in [1.54, 1.807) is 13.2 Å². The number of aromatic nitrogens is 1. The summed E-state index contributed by atoms with van der Waals surface area (Å²) < 4.78 is 5.35. The monoisotopic (exact) mass is 465 g/mol. The maximum Gasteiger partial charge on any atom is 0.253 e. The van der Waals surface area contributed by atoms with Gasteiger partial charge in [0.2, 0.25) is 5.91 Å². The third-order valence-corrected chi connectivity index (χ3v) is 6.87. The number of rotatable bonds is 7. The Kier molecular flexibility index (Phi) is 6.72. The summed E-state index contributed by atoms with van der Waals surface area (Å²) in [5, 5.41) is 5.78. The first-order chi connectivity index (χ1) is 16.3. The van der Waals surface area contributed by atoms with Crippen LogP contribution in [0.15, 0.2) is 36.5 Å². The highest BCUT2D eigenvalue weighted by Crippen LogP contribution is 2.38. The topological polar surface area (TPSA) is 127 Å². The molecule has 0 radical (unpaired) electrons. The number of hydrogen-bond donors (Lipinski definition) is 3. The fourth-order valence-electron chi connectivity index (χ4n) is 5.04. The molecular weight excluding hydrogens is 434 g/mol. The van der Waals surface area contributed by atoms with Crippen molar-refractivity contribution < 1.29 is 19.1 Å². The molecule has 2 aromatic rings. The number of anilines is 1. The lowest BCUT2D eigenvalue weighted by Crippen LogP contribution is -2.50. The first kappa shape index (κ1) is 23.5.